The fourth-order valence-electron chi connectivity index (χ4n) is 4.82. The van der Waals surface area contributed by atoms with E-state index in [0.717, 1.165) is 36.2 Å². The summed E-state index contributed by atoms with van der Waals surface area (Å²) in [5.41, 5.74) is 12.3. The maximum atomic E-state index is 6.58. The first-order chi connectivity index (χ1) is 18.2. The molecule has 0 aliphatic carbocycles. The summed E-state index contributed by atoms with van der Waals surface area (Å²) in [6.45, 7) is 2.27. The standard InChI is InChI=1S/C33H41N3O/c1-2-3-4-5-6-7-8-9-13-19-32-35-33(37-36-32)29-22-20-28(21-23-29)31(34)25-26-15-14-18-30(24-26)27-16-11-10-12-17-27/h10-12,14-18,20-24,31H,2-9,13,19,25,34H2,1H3. The first-order valence-corrected chi connectivity index (χ1v) is 14.1. The Morgan fingerprint density at radius 2 is 1.38 bits per heavy atom. The average Bonchev–Trinajstić information content (AvgIpc) is 3.42. The molecule has 2 N–H and O–H groups in total. The molecule has 4 rings (SSSR count). The molecule has 0 spiro atoms. The van der Waals surface area contributed by atoms with Crippen molar-refractivity contribution in [3.8, 4) is 22.6 Å². The van der Waals surface area contributed by atoms with Crippen LogP contribution in [0.1, 0.15) is 87.7 Å². The maximum absolute atomic E-state index is 6.58. The highest BCUT2D eigenvalue weighted by molar-refractivity contribution is 5.64. The Labute approximate surface area is 222 Å². The molecule has 1 unspecified atom stereocenters. The molecular formula is C33H41N3O. The van der Waals surface area contributed by atoms with E-state index < -0.39 is 0 Å². The highest BCUT2D eigenvalue weighted by Gasteiger charge is 2.12. The quantitative estimate of drug-likeness (QED) is 0.167. The minimum Gasteiger partial charge on any atom is -0.334 e. The van der Waals surface area contributed by atoms with Crippen molar-refractivity contribution in [3.63, 3.8) is 0 Å². The van der Waals surface area contributed by atoms with Crippen molar-refractivity contribution in [1.82, 2.24) is 10.1 Å². The Kier molecular flexibility index (Phi) is 10.5. The second kappa shape index (κ2) is 14.5. The van der Waals surface area contributed by atoms with Crippen molar-refractivity contribution in [2.75, 3.05) is 0 Å². The van der Waals surface area contributed by atoms with Gasteiger partial charge in [-0.15, -0.1) is 0 Å². The van der Waals surface area contributed by atoms with E-state index in [1.165, 1.54) is 68.1 Å². The number of nitrogens with two attached hydrogens (primary N) is 1. The topological polar surface area (TPSA) is 64.9 Å². The van der Waals surface area contributed by atoms with Crippen LogP contribution < -0.4 is 5.73 Å². The summed E-state index contributed by atoms with van der Waals surface area (Å²) in [7, 11) is 0. The molecule has 0 aliphatic rings. The van der Waals surface area contributed by atoms with Gasteiger partial charge in [0, 0.05) is 18.0 Å². The fourth-order valence-corrected chi connectivity index (χ4v) is 4.82. The van der Waals surface area contributed by atoms with Crippen molar-refractivity contribution in [1.29, 1.82) is 0 Å². The molecule has 1 atom stereocenters. The molecule has 1 aromatic heterocycles. The fraction of sp³-hybridized carbons (Fsp3) is 0.394. The predicted octanol–water partition coefficient (Wildman–Crippen LogP) is 8.72. The molecule has 0 saturated carbocycles. The van der Waals surface area contributed by atoms with Gasteiger partial charge in [-0.3, -0.25) is 0 Å². The van der Waals surface area contributed by atoms with Crippen LogP contribution in [-0.4, -0.2) is 10.1 Å². The van der Waals surface area contributed by atoms with Gasteiger partial charge >= 0.3 is 0 Å². The second-order valence-corrected chi connectivity index (χ2v) is 10.1. The summed E-state index contributed by atoms with van der Waals surface area (Å²) in [4.78, 5) is 4.62. The van der Waals surface area contributed by atoms with Crippen LogP contribution in [0.15, 0.2) is 83.4 Å². The van der Waals surface area contributed by atoms with Crippen LogP contribution in [-0.2, 0) is 12.8 Å². The zero-order valence-electron chi connectivity index (χ0n) is 22.2. The molecule has 3 aromatic carbocycles. The molecule has 194 valence electrons. The van der Waals surface area contributed by atoms with Gasteiger partial charge < -0.3 is 10.3 Å². The lowest BCUT2D eigenvalue weighted by Crippen LogP contribution is -2.13. The molecule has 0 fully saturated rings. The van der Waals surface area contributed by atoms with Crippen molar-refractivity contribution >= 4 is 0 Å². The van der Waals surface area contributed by atoms with E-state index in [9.17, 15) is 0 Å². The van der Waals surface area contributed by atoms with Crippen LogP contribution in [0.4, 0.5) is 0 Å². The van der Waals surface area contributed by atoms with Crippen LogP contribution in [0.3, 0.4) is 0 Å². The Balaban J connectivity index is 1.24. The summed E-state index contributed by atoms with van der Waals surface area (Å²) < 4.78 is 5.54. The van der Waals surface area contributed by atoms with Gasteiger partial charge in [-0.25, -0.2) is 0 Å². The normalized spacial score (nSPS) is 12.1. The van der Waals surface area contributed by atoms with Gasteiger partial charge in [0.25, 0.3) is 5.89 Å². The largest absolute Gasteiger partial charge is 0.334 e. The molecule has 4 nitrogen and oxygen atoms in total. The van der Waals surface area contributed by atoms with Gasteiger partial charge in [-0.1, -0.05) is 130 Å². The van der Waals surface area contributed by atoms with E-state index in [1.54, 1.807) is 0 Å². The van der Waals surface area contributed by atoms with Crippen LogP contribution >= 0.6 is 0 Å². The second-order valence-electron chi connectivity index (χ2n) is 10.1. The molecule has 0 amide bonds. The molecule has 0 aliphatic heterocycles. The third kappa shape index (κ3) is 8.40. The molecule has 4 aromatic rings. The monoisotopic (exact) mass is 495 g/mol. The van der Waals surface area contributed by atoms with Gasteiger partial charge in [-0.2, -0.15) is 4.98 Å². The number of rotatable bonds is 15. The minimum atomic E-state index is -0.0787. The molecule has 0 bridgehead atoms. The van der Waals surface area contributed by atoms with Crippen LogP contribution in [0, 0.1) is 0 Å². The average molecular weight is 496 g/mol. The van der Waals surface area contributed by atoms with Crippen LogP contribution in [0.5, 0.6) is 0 Å². The van der Waals surface area contributed by atoms with Crippen molar-refractivity contribution < 1.29 is 4.52 Å². The lowest BCUT2D eigenvalue weighted by Gasteiger charge is -2.13. The van der Waals surface area contributed by atoms with Crippen LogP contribution in [0.2, 0.25) is 0 Å². The van der Waals surface area contributed by atoms with Crippen LogP contribution in [0.25, 0.3) is 22.6 Å². The molecular weight excluding hydrogens is 454 g/mol. The minimum absolute atomic E-state index is 0.0787. The summed E-state index contributed by atoms with van der Waals surface area (Å²) in [6, 6.07) is 27.2. The van der Waals surface area contributed by atoms with Gasteiger partial charge in [0.2, 0.25) is 0 Å². The van der Waals surface area contributed by atoms with Gasteiger partial charge in [0.1, 0.15) is 0 Å². The number of unbranched alkanes of at least 4 members (excludes halogenated alkanes) is 8. The maximum Gasteiger partial charge on any atom is 0.257 e. The van der Waals surface area contributed by atoms with Gasteiger partial charge in [0.15, 0.2) is 5.82 Å². The Morgan fingerprint density at radius 1 is 0.703 bits per heavy atom. The highest BCUT2D eigenvalue weighted by Crippen LogP contribution is 2.25. The molecule has 1 heterocycles. The molecule has 0 saturated heterocycles. The first kappa shape index (κ1) is 26.8. The van der Waals surface area contributed by atoms with E-state index >= 15 is 0 Å². The summed E-state index contributed by atoms with van der Waals surface area (Å²) in [5, 5.41) is 4.20. The zero-order valence-corrected chi connectivity index (χ0v) is 22.2. The molecule has 37 heavy (non-hydrogen) atoms. The molecule has 0 radical (unpaired) electrons. The van der Waals surface area contributed by atoms with E-state index in [4.69, 9.17) is 10.3 Å². The van der Waals surface area contributed by atoms with E-state index in [-0.39, 0.29) is 6.04 Å². The highest BCUT2D eigenvalue weighted by atomic mass is 16.5. The summed E-state index contributed by atoms with van der Waals surface area (Å²) in [6.07, 6.45) is 13.5. The van der Waals surface area contributed by atoms with Gasteiger partial charge in [0.05, 0.1) is 0 Å². The lowest BCUT2D eigenvalue weighted by molar-refractivity contribution is 0.421. The SMILES string of the molecule is CCCCCCCCCCCc1noc(-c2ccc(C(N)Cc3cccc(-c4ccccc4)c3)cc2)n1. The number of benzene rings is 3. The predicted molar refractivity (Wildman–Crippen MR) is 153 cm³/mol. The first-order valence-electron chi connectivity index (χ1n) is 14.1. The summed E-state index contributed by atoms with van der Waals surface area (Å²) >= 11 is 0. The van der Waals surface area contributed by atoms with Gasteiger partial charge in [-0.05, 0) is 47.2 Å². The number of nitrogens with zero attached hydrogens (tertiary/aromatic N) is 2. The summed E-state index contributed by atoms with van der Waals surface area (Å²) in [5.74, 6) is 1.39. The smallest absolute Gasteiger partial charge is 0.257 e. The Hall–Kier alpha value is -3.24. The third-order valence-corrected chi connectivity index (χ3v) is 7.05. The van der Waals surface area contributed by atoms with Crippen molar-refractivity contribution in [2.45, 2.75) is 83.6 Å². The Morgan fingerprint density at radius 3 is 2.11 bits per heavy atom. The van der Waals surface area contributed by atoms with E-state index in [1.807, 2.05) is 18.2 Å². The van der Waals surface area contributed by atoms with E-state index in [0.29, 0.717) is 5.89 Å². The van der Waals surface area contributed by atoms with Crippen molar-refractivity contribution in [2.24, 2.45) is 5.73 Å². The molecule has 4 heteroatoms. The lowest BCUT2D eigenvalue weighted by atomic mass is 9.96. The number of aryl methyl sites for hydroxylation is 1. The van der Waals surface area contributed by atoms with Crippen molar-refractivity contribution in [3.05, 3.63) is 95.8 Å². The van der Waals surface area contributed by atoms with E-state index in [2.05, 4.69) is 77.7 Å². The zero-order chi connectivity index (χ0) is 25.7. The number of hydrogen-bond acceptors (Lipinski definition) is 4. The number of aromatic nitrogens is 2. The number of hydrogen-bond donors (Lipinski definition) is 1. The third-order valence-electron chi connectivity index (χ3n) is 7.05. The Bertz CT molecular complexity index is 1180.